The molecule has 34 heavy (non-hydrogen) atoms. The quantitative estimate of drug-likeness (QED) is 0.208. The molecule has 0 saturated carbocycles. The maximum Gasteiger partial charge on any atom is 0.349 e. The molecule has 0 radical (unpaired) electrons. The lowest BCUT2D eigenvalue weighted by Gasteiger charge is -2.13. The van der Waals surface area contributed by atoms with Crippen LogP contribution in [0.5, 0.6) is 5.75 Å². The van der Waals surface area contributed by atoms with Crippen LogP contribution >= 0.6 is 27.5 Å². The highest BCUT2D eigenvalue weighted by Crippen LogP contribution is 2.35. The van der Waals surface area contributed by atoms with E-state index >= 15 is 0 Å². The number of halogens is 2. The number of para-hydroxylation sites is 1. The monoisotopic (exact) mass is 549 g/mol. The Hall–Kier alpha value is -2.84. The van der Waals surface area contributed by atoms with Crippen molar-refractivity contribution in [1.82, 2.24) is 5.32 Å². The summed E-state index contributed by atoms with van der Waals surface area (Å²) in [5.41, 5.74) is 1.50. The molecular formula is C25H25BrClNO6. The molecule has 7 nitrogen and oxygen atoms in total. The summed E-state index contributed by atoms with van der Waals surface area (Å²) in [7, 11) is 0. The summed E-state index contributed by atoms with van der Waals surface area (Å²) in [6.45, 7) is 4.59. The summed E-state index contributed by atoms with van der Waals surface area (Å²) in [6, 6.07) is 10.3. The highest BCUT2D eigenvalue weighted by Gasteiger charge is 2.14. The smallest absolute Gasteiger partial charge is 0.349 e. The van der Waals surface area contributed by atoms with Crippen molar-refractivity contribution in [3.05, 3.63) is 73.0 Å². The maximum absolute atomic E-state index is 12.3. The van der Waals surface area contributed by atoms with Gasteiger partial charge in [-0.05, 0) is 71.9 Å². The highest BCUT2D eigenvalue weighted by molar-refractivity contribution is 9.10. The zero-order chi connectivity index (χ0) is 24.7. The number of benzene rings is 2. The maximum atomic E-state index is 12.3. The van der Waals surface area contributed by atoms with Gasteiger partial charge in [0.15, 0.2) is 0 Å². The van der Waals surface area contributed by atoms with Gasteiger partial charge in [0, 0.05) is 23.4 Å². The van der Waals surface area contributed by atoms with Crippen LogP contribution in [0.3, 0.4) is 0 Å². The van der Waals surface area contributed by atoms with Gasteiger partial charge in [0.05, 0.1) is 17.7 Å². The molecule has 1 amide bonds. The van der Waals surface area contributed by atoms with Crippen LogP contribution in [-0.4, -0.2) is 31.6 Å². The van der Waals surface area contributed by atoms with Crippen molar-refractivity contribution in [3.8, 4) is 5.75 Å². The zero-order valence-corrected chi connectivity index (χ0v) is 21.3. The van der Waals surface area contributed by atoms with E-state index in [2.05, 4.69) is 21.2 Å². The summed E-state index contributed by atoms with van der Waals surface area (Å²) in [6.07, 6.45) is 1.14. The molecule has 2 aromatic carbocycles. The average molecular weight is 551 g/mol. The van der Waals surface area contributed by atoms with Crippen LogP contribution in [0.2, 0.25) is 5.02 Å². The first-order valence-corrected chi connectivity index (χ1v) is 12.0. The summed E-state index contributed by atoms with van der Waals surface area (Å²) < 4.78 is 16.9. The number of nitrogens with one attached hydrogen (secondary N) is 1. The Balaban J connectivity index is 1.33. The molecule has 0 aliphatic carbocycles. The molecular weight excluding hydrogens is 526 g/mol. The summed E-state index contributed by atoms with van der Waals surface area (Å²) >= 11 is 9.70. The number of fused-ring (bicyclic) bond motifs is 1. The van der Waals surface area contributed by atoms with E-state index in [9.17, 15) is 14.4 Å². The third-order valence-corrected chi connectivity index (χ3v) is 6.67. The number of hydrogen-bond donors (Lipinski definition) is 1. The van der Waals surface area contributed by atoms with Crippen LogP contribution in [0, 0.1) is 13.8 Å². The molecule has 1 aromatic heterocycles. The molecule has 3 aromatic rings. The van der Waals surface area contributed by atoms with E-state index in [1.165, 1.54) is 6.07 Å². The molecule has 0 spiro atoms. The van der Waals surface area contributed by atoms with E-state index in [0.717, 1.165) is 15.6 Å². The topological polar surface area (TPSA) is 94.8 Å². The molecule has 180 valence electrons. The van der Waals surface area contributed by atoms with E-state index in [1.807, 2.05) is 19.9 Å². The van der Waals surface area contributed by atoms with Gasteiger partial charge in [0.1, 0.15) is 16.9 Å². The molecule has 0 aliphatic heterocycles. The zero-order valence-electron chi connectivity index (χ0n) is 18.9. The van der Waals surface area contributed by atoms with E-state index in [1.54, 1.807) is 24.3 Å². The van der Waals surface area contributed by atoms with Crippen molar-refractivity contribution in [2.24, 2.45) is 0 Å². The van der Waals surface area contributed by atoms with Crippen LogP contribution in [0.25, 0.3) is 11.0 Å². The Morgan fingerprint density at radius 3 is 2.68 bits per heavy atom. The van der Waals surface area contributed by atoms with Gasteiger partial charge >= 0.3 is 11.6 Å². The first kappa shape index (κ1) is 25.8. The lowest BCUT2D eigenvalue weighted by molar-refractivity contribution is -0.143. The van der Waals surface area contributed by atoms with Gasteiger partial charge in [-0.25, -0.2) is 4.79 Å². The molecule has 0 fully saturated rings. The predicted molar refractivity (Wildman–Crippen MR) is 134 cm³/mol. The van der Waals surface area contributed by atoms with Crippen molar-refractivity contribution in [2.75, 3.05) is 19.8 Å². The molecule has 0 bridgehead atoms. The van der Waals surface area contributed by atoms with Crippen molar-refractivity contribution in [1.29, 1.82) is 0 Å². The molecule has 0 unspecified atom stereocenters. The van der Waals surface area contributed by atoms with Crippen LogP contribution < -0.4 is 15.7 Å². The molecule has 0 atom stereocenters. The fourth-order valence-corrected chi connectivity index (χ4v) is 3.94. The number of rotatable bonds is 10. The molecule has 0 saturated heterocycles. The Kier molecular flexibility index (Phi) is 9.12. The van der Waals surface area contributed by atoms with E-state index in [-0.39, 0.29) is 31.1 Å². The summed E-state index contributed by atoms with van der Waals surface area (Å²) in [5, 5.41) is 4.00. The minimum Gasteiger partial charge on any atom is -0.492 e. The Morgan fingerprint density at radius 2 is 1.88 bits per heavy atom. The van der Waals surface area contributed by atoms with Gasteiger partial charge in [-0.3, -0.25) is 9.59 Å². The Bertz CT molecular complexity index is 1260. The van der Waals surface area contributed by atoms with Crippen molar-refractivity contribution >= 4 is 50.4 Å². The van der Waals surface area contributed by atoms with Crippen molar-refractivity contribution in [3.63, 3.8) is 0 Å². The summed E-state index contributed by atoms with van der Waals surface area (Å²) in [5.74, 6) is -0.182. The highest BCUT2D eigenvalue weighted by atomic mass is 79.9. The van der Waals surface area contributed by atoms with Crippen LogP contribution in [0.4, 0.5) is 0 Å². The number of carbonyl (C=O) groups excluding carboxylic acids is 2. The van der Waals surface area contributed by atoms with Crippen molar-refractivity contribution in [2.45, 2.75) is 33.1 Å². The van der Waals surface area contributed by atoms with Gasteiger partial charge in [-0.2, -0.15) is 0 Å². The number of amides is 1. The van der Waals surface area contributed by atoms with Gasteiger partial charge in [0.2, 0.25) is 0 Å². The van der Waals surface area contributed by atoms with Gasteiger partial charge in [-0.1, -0.05) is 29.8 Å². The van der Waals surface area contributed by atoms with E-state index in [0.29, 0.717) is 41.2 Å². The fraction of sp³-hybridized carbons (Fsp3) is 0.320. The van der Waals surface area contributed by atoms with Gasteiger partial charge in [0.25, 0.3) is 5.91 Å². The van der Waals surface area contributed by atoms with Crippen LogP contribution in [0.1, 0.15) is 40.7 Å². The van der Waals surface area contributed by atoms with Crippen molar-refractivity contribution < 1.29 is 23.5 Å². The van der Waals surface area contributed by atoms with Gasteiger partial charge < -0.3 is 19.2 Å². The fourth-order valence-electron chi connectivity index (χ4n) is 3.25. The number of hydrogen-bond acceptors (Lipinski definition) is 6. The Labute approximate surface area is 210 Å². The summed E-state index contributed by atoms with van der Waals surface area (Å²) in [4.78, 5) is 36.2. The molecule has 3 rings (SSSR count). The predicted octanol–water partition coefficient (Wildman–Crippen LogP) is 5.35. The second kappa shape index (κ2) is 12.0. The number of ether oxygens (including phenoxy) is 2. The van der Waals surface area contributed by atoms with E-state index in [4.69, 9.17) is 25.5 Å². The Morgan fingerprint density at radius 1 is 1.12 bits per heavy atom. The molecule has 1 N–H and O–H groups in total. The normalized spacial score (nSPS) is 10.8. The second-order valence-electron chi connectivity index (χ2n) is 7.71. The number of esters is 1. The average Bonchev–Trinajstić information content (AvgIpc) is 2.82. The van der Waals surface area contributed by atoms with Gasteiger partial charge in [-0.15, -0.1) is 0 Å². The molecule has 9 heteroatoms. The second-order valence-corrected chi connectivity index (χ2v) is 8.88. The minimum atomic E-state index is -0.694. The standard InChI is InChI=1S/C25H25BrClNO6/c1-15-13-20(22(26)16(2)23(15)27)32-11-5-9-21(29)33-12-6-10-28-24(30)18-14-17-7-3-4-8-19(17)34-25(18)31/h3-4,7-8,13-14H,5-6,9-12H2,1-2H3,(H,28,30). The van der Waals surface area contributed by atoms with Crippen LogP contribution in [0.15, 0.2) is 50.1 Å². The largest absolute Gasteiger partial charge is 0.492 e. The SMILES string of the molecule is Cc1cc(OCCCC(=O)OCCCNC(=O)c2cc3ccccc3oc2=O)c(Br)c(C)c1Cl. The minimum absolute atomic E-state index is 0.0617. The lowest BCUT2D eigenvalue weighted by atomic mass is 10.1. The lowest BCUT2D eigenvalue weighted by Crippen LogP contribution is -2.29. The molecule has 1 heterocycles. The molecule has 0 aliphatic rings. The number of carbonyl (C=O) groups is 2. The first-order valence-electron chi connectivity index (χ1n) is 10.8. The van der Waals surface area contributed by atoms with Crippen LogP contribution in [-0.2, 0) is 9.53 Å². The third kappa shape index (κ3) is 6.61. The van der Waals surface area contributed by atoms with E-state index < -0.39 is 11.5 Å². The third-order valence-electron chi connectivity index (χ3n) is 5.11. The first-order chi connectivity index (χ1) is 16.3. The number of aryl methyl sites for hydroxylation is 1.